The highest BCUT2D eigenvalue weighted by Crippen LogP contribution is 2.62. The van der Waals surface area contributed by atoms with Crippen LogP contribution in [0.1, 0.15) is 25.7 Å². The molecule has 98 valence electrons. The number of ketones is 1. The zero-order chi connectivity index (χ0) is 13.1. The van der Waals surface area contributed by atoms with Crippen molar-refractivity contribution < 1.29 is 14.3 Å². The van der Waals surface area contributed by atoms with Crippen LogP contribution in [0.3, 0.4) is 0 Å². The fourth-order valence-electron chi connectivity index (χ4n) is 4.27. The van der Waals surface area contributed by atoms with Crippen LogP contribution in [-0.2, 0) is 14.3 Å². The van der Waals surface area contributed by atoms with Gasteiger partial charge in [-0.15, -0.1) is 0 Å². The average Bonchev–Trinajstić information content (AvgIpc) is 2.45. The lowest BCUT2D eigenvalue weighted by molar-refractivity contribution is -0.157. The van der Waals surface area contributed by atoms with Crippen LogP contribution in [0.4, 0.5) is 0 Å². The number of carbonyl (C=O) groups is 2. The van der Waals surface area contributed by atoms with Crippen molar-refractivity contribution in [1.82, 2.24) is 0 Å². The summed E-state index contributed by atoms with van der Waals surface area (Å²) in [7, 11) is 0. The average molecular weight is 256 g/mol. The van der Waals surface area contributed by atoms with Gasteiger partial charge in [-0.1, -0.05) is 30.4 Å². The van der Waals surface area contributed by atoms with Gasteiger partial charge in [0.1, 0.15) is 12.4 Å². The monoisotopic (exact) mass is 256 g/mol. The molecular weight excluding hydrogens is 240 g/mol. The quantitative estimate of drug-likeness (QED) is 0.493. The predicted molar refractivity (Wildman–Crippen MR) is 69.2 cm³/mol. The highest BCUT2D eigenvalue weighted by atomic mass is 16.5. The van der Waals surface area contributed by atoms with Gasteiger partial charge in [-0.25, -0.2) is 4.79 Å². The van der Waals surface area contributed by atoms with Crippen molar-refractivity contribution in [3.63, 3.8) is 0 Å². The normalized spacial score (nSPS) is 38.1. The first kappa shape index (κ1) is 11.2. The highest BCUT2D eigenvalue weighted by Gasteiger charge is 2.61. The van der Waals surface area contributed by atoms with E-state index in [4.69, 9.17) is 4.74 Å². The fourth-order valence-corrected chi connectivity index (χ4v) is 4.27. The van der Waals surface area contributed by atoms with Crippen molar-refractivity contribution in [2.75, 3.05) is 6.61 Å². The molecule has 3 heteroatoms. The van der Waals surface area contributed by atoms with Crippen LogP contribution < -0.4 is 0 Å². The summed E-state index contributed by atoms with van der Waals surface area (Å²) in [5.74, 6) is 0.0165. The second kappa shape index (κ2) is 3.47. The highest BCUT2D eigenvalue weighted by molar-refractivity contribution is 5.98. The number of hydrogen-bond donors (Lipinski definition) is 0. The maximum absolute atomic E-state index is 12.2. The lowest BCUT2D eigenvalue weighted by Crippen LogP contribution is -2.57. The van der Waals surface area contributed by atoms with Crippen molar-refractivity contribution >= 4 is 11.8 Å². The van der Waals surface area contributed by atoms with Crippen LogP contribution in [0.15, 0.2) is 36.0 Å². The third kappa shape index (κ3) is 1.23. The number of carbonyl (C=O) groups excluding carboxylic acids is 2. The van der Waals surface area contributed by atoms with Gasteiger partial charge in [-0.2, -0.15) is 0 Å². The summed E-state index contributed by atoms with van der Waals surface area (Å²) in [5.41, 5.74) is 0.110. The number of cyclic esters (lactones) is 1. The Bertz CT molecular complexity index is 555. The summed E-state index contributed by atoms with van der Waals surface area (Å²) in [6.45, 7) is 0.369. The summed E-state index contributed by atoms with van der Waals surface area (Å²) in [6, 6.07) is 0. The van der Waals surface area contributed by atoms with Crippen molar-refractivity contribution in [3.05, 3.63) is 36.0 Å². The van der Waals surface area contributed by atoms with Gasteiger partial charge in [0, 0.05) is 23.3 Å². The number of fused-ring (bicyclic) bond motifs is 2. The van der Waals surface area contributed by atoms with Crippen molar-refractivity contribution in [1.29, 1.82) is 0 Å². The van der Waals surface area contributed by atoms with Crippen LogP contribution in [-0.4, -0.2) is 18.4 Å². The Balaban J connectivity index is 1.94. The first-order valence-corrected chi connectivity index (χ1v) is 6.94. The number of allylic oxidation sites excluding steroid dienone is 3. The summed E-state index contributed by atoms with van der Waals surface area (Å²) < 4.78 is 5.40. The number of Topliss-reactive ketones (excluding diaryl/α,β-unsaturated/α-hetero) is 1. The van der Waals surface area contributed by atoms with E-state index < -0.39 is 0 Å². The molecule has 1 heterocycles. The molecule has 1 aliphatic heterocycles. The van der Waals surface area contributed by atoms with Crippen LogP contribution in [0, 0.1) is 16.7 Å². The maximum atomic E-state index is 12.2. The van der Waals surface area contributed by atoms with E-state index in [1.54, 1.807) is 0 Å². The zero-order valence-corrected chi connectivity index (χ0v) is 10.7. The summed E-state index contributed by atoms with van der Waals surface area (Å²) in [4.78, 5) is 24.3. The lowest BCUT2D eigenvalue weighted by Gasteiger charge is -2.56. The Morgan fingerprint density at radius 3 is 2.74 bits per heavy atom. The number of esters is 1. The minimum absolute atomic E-state index is 0.0591. The Morgan fingerprint density at radius 2 is 2.00 bits per heavy atom. The summed E-state index contributed by atoms with van der Waals surface area (Å²) in [6.07, 6.45) is 13.6. The Hall–Kier alpha value is -1.64. The topological polar surface area (TPSA) is 43.4 Å². The van der Waals surface area contributed by atoms with Crippen LogP contribution >= 0.6 is 0 Å². The smallest absolute Gasteiger partial charge is 0.334 e. The van der Waals surface area contributed by atoms with E-state index in [1.807, 2.05) is 6.08 Å². The second-order valence-corrected chi connectivity index (χ2v) is 6.11. The van der Waals surface area contributed by atoms with Gasteiger partial charge >= 0.3 is 5.97 Å². The Morgan fingerprint density at radius 1 is 1.21 bits per heavy atom. The number of ether oxygens (including phenoxy) is 1. The van der Waals surface area contributed by atoms with E-state index in [0.717, 1.165) is 24.8 Å². The number of rotatable bonds is 0. The molecule has 1 saturated heterocycles. The van der Waals surface area contributed by atoms with E-state index in [9.17, 15) is 9.59 Å². The molecule has 1 saturated carbocycles. The SMILES string of the molecule is O=C1OCC2(C=CCC=C2)[C@]23CC[C@H](C=C12)C(=O)C3. The first-order valence-electron chi connectivity index (χ1n) is 6.94. The molecule has 0 aromatic carbocycles. The zero-order valence-electron chi connectivity index (χ0n) is 10.7. The third-order valence-electron chi connectivity index (χ3n) is 5.31. The van der Waals surface area contributed by atoms with E-state index in [1.165, 1.54) is 0 Å². The van der Waals surface area contributed by atoms with Gasteiger partial charge in [0.15, 0.2) is 0 Å². The molecule has 5 rings (SSSR count). The van der Waals surface area contributed by atoms with Crippen molar-refractivity contribution in [3.8, 4) is 0 Å². The summed E-state index contributed by atoms with van der Waals surface area (Å²) in [5, 5.41) is 0. The molecule has 19 heavy (non-hydrogen) atoms. The second-order valence-electron chi connectivity index (χ2n) is 6.11. The van der Waals surface area contributed by atoms with Crippen LogP contribution in [0.25, 0.3) is 0 Å². The molecule has 2 bridgehead atoms. The van der Waals surface area contributed by atoms with Crippen molar-refractivity contribution in [2.24, 2.45) is 16.7 Å². The molecule has 0 amide bonds. The number of hydrogen-bond acceptors (Lipinski definition) is 3. The van der Waals surface area contributed by atoms with Crippen molar-refractivity contribution in [2.45, 2.75) is 25.7 Å². The summed E-state index contributed by atoms with van der Waals surface area (Å²) >= 11 is 0. The van der Waals surface area contributed by atoms with Crippen LogP contribution in [0.5, 0.6) is 0 Å². The van der Waals surface area contributed by atoms with Gasteiger partial charge in [-0.3, -0.25) is 4.79 Å². The van der Waals surface area contributed by atoms with E-state index in [0.29, 0.717) is 13.0 Å². The van der Waals surface area contributed by atoms with E-state index >= 15 is 0 Å². The van der Waals surface area contributed by atoms with Gasteiger partial charge < -0.3 is 4.74 Å². The molecule has 2 fully saturated rings. The van der Waals surface area contributed by atoms with E-state index in [2.05, 4.69) is 24.3 Å². The maximum Gasteiger partial charge on any atom is 0.334 e. The molecule has 3 nitrogen and oxygen atoms in total. The minimum atomic E-state index is -0.346. The molecule has 5 aliphatic rings. The molecule has 0 N–H and O–H groups in total. The third-order valence-corrected chi connectivity index (χ3v) is 5.31. The molecule has 4 aliphatic carbocycles. The molecule has 0 radical (unpaired) electrons. The van der Waals surface area contributed by atoms with E-state index in [-0.39, 0.29) is 28.5 Å². The predicted octanol–water partition coefficient (Wildman–Crippen LogP) is 2.34. The molecule has 0 aromatic rings. The van der Waals surface area contributed by atoms with Gasteiger partial charge in [0.05, 0.1) is 5.41 Å². The Labute approximate surface area is 112 Å². The Kier molecular flexibility index (Phi) is 2.05. The molecule has 2 spiro atoms. The van der Waals surface area contributed by atoms with Gasteiger partial charge in [0.25, 0.3) is 0 Å². The van der Waals surface area contributed by atoms with Gasteiger partial charge in [0.2, 0.25) is 0 Å². The first-order chi connectivity index (χ1) is 9.17. The standard InChI is InChI=1S/C16H16O3/c17-13-9-16-7-4-11(13)8-12(16)14(18)19-10-15(16)5-2-1-3-6-15/h2-3,5-6,8,11H,1,4,7,9-10H2/t11-,16+/m1/s1. The molecular formula is C16H16O3. The minimum Gasteiger partial charge on any atom is -0.461 e. The molecule has 2 atom stereocenters. The largest absolute Gasteiger partial charge is 0.461 e. The van der Waals surface area contributed by atoms with Crippen LogP contribution in [0.2, 0.25) is 0 Å². The lowest BCUT2D eigenvalue weighted by atomic mass is 9.48. The molecule has 0 unspecified atom stereocenters. The van der Waals surface area contributed by atoms with Gasteiger partial charge in [-0.05, 0) is 19.3 Å². The molecule has 0 aromatic heterocycles. The fraction of sp³-hybridized carbons (Fsp3) is 0.500.